The zero-order chi connectivity index (χ0) is 18.1. The molecule has 0 spiro atoms. The Kier molecular flexibility index (Phi) is 4.81. The second-order valence-corrected chi connectivity index (χ2v) is 4.59. The van der Waals surface area contributed by atoms with E-state index >= 15 is 0 Å². The summed E-state index contributed by atoms with van der Waals surface area (Å²) in [4.78, 5) is 4.30. The Hall–Kier alpha value is -2.58. The fourth-order valence-corrected chi connectivity index (χ4v) is 1.79. The first-order valence-electron chi connectivity index (χ1n) is 6.34. The van der Waals surface area contributed by atoms with Gasteiger partial charge in [0.25, 0.3) is 0 Å². The molecule has 2 nitrogen and oxygen atoms in total. The predicted octanol–water partition coefficient (Wildman–Crippen LogP) is 5.06. The molecule has 2 rings (SSSR count). The summed E-state index contributed by atoms with van der Waals surface area (Å²) in [7, 11) is 0. The highest BCUT2D eigenvalue weighted by molar-refractivity contribution is 5.98. The lowest BCUT2D eigenvalue weighted by atomic mass is 10.1. The van der Waals surface area contributed by atoms with Gasteiger partial charge in [0.15, 0.2) is 11.6 Å². The van der Waals surface area contributed by atoms with Crippen LogP contribution in [0.15, 0.2) is 35.5 Å². The van der Waals surface area contributed by atoms with Gasteiger partial charge < -0.3 is 4.84 Å². The Morgan fingerprint density at radius 3 is 1.83 bits per heavy atom. The number of nitrogens with zero attached hydrogens (tertiary/aromatic N) is 1. The second-order valence-electron chi connectivity index (χ2n) is 4.59. The number of rotatable bonds is 3. The molecule has 9 heteroatoms. The van der Waals surface area contributed by atoms with Crippen molar-refractivity contribution in [2.45, 2.75) is 13.1 Å². The van der Waals surface area contributed by atoms with Crippen molar-refractivity contribution in [3.05, 3.63) is 64.7 Å². The topological polar surface area (TPSA) is 21.6 Å². The van der Waals surface area contributed by atoms with E-state index in [0.29, 0.717) is 5.56 Å². The van der Waals surface area contributed by atoms with Gasteiger partial charge in [-0.1, -0.05) is 35.5 Å². The molecule has 24 heavy (non-hydrogen) atoms. The number of oxime groups is 1. The van der Waals surface area contributed by atoms with E-state index in [4.69, 9.17) is 0 Å². The molecule has 0 heterocycles. The Morgan fingerprint density at radius 2 is 1.38 bits per heavy atom. The molecule has 0 aromatic heterocycles. The van der Waals surface area contributed by atoms with Crippen LogP contribution in [0.1, 0.15) is 18.1 Å². The van der Waals surface area contributed by atoms with Crippen LogP contribution in [0.25, 0.3) is 0 Å². The highest BCUT2D eigenvalue weighted by atomic mass is 19.4. The van der Waals surface area contributed by atoms with Gasteiger partial charge >= 0.3 is 6.18 Å². The van der Waals surface area contributed by atoms with Crippen LogP contribution in [0, 0.1) is 23.3 Å². The molecule has 0 radical (unpaired) electrons. The van der Waals surface area contributed by atoms with Gasteiger partial charge in [0.2, 0.25) is 17.4 Å². The molecule has 0 aliphatic heterocycles. The molecular weight excluding hydrogens is 343 g/mol. The fourth-order valence-electron chi connectivity index (χ4n) is 1.79. The average Bonchev–Trinajstić information content (AvgIpc) is 2.52. The maximum Gasteiger partial charge on any atom is 0.422 e. The number of hydrogen-bond acceptors (Lipinski definition) is 2. The minimum absolute atomic E-state index is 0.0788. The number of alkyl halides is 3. The first-order chi connectivity index (χ1) is 11.1. The van der Waals surface area contributed by atoms with E-state index in [1.54, 1.807) is 30.3 Å². The van der Waals surface area contributed by atoms with Gasteiger partial charge in [0, 0.05) is 0 Å². The molecule has 0 aliphatic carbocycles. The Balaban J connectivity index is 2.46. The highest BCUT2D eigenvalue weighted by Gasteiger charge is 2.43. The van der Waals surface area contributed by atoms with E-state index in [9.17, 15) is 30.7 Å². The molecule has 0 amide bonds. The third kappa shape index (κ3) is 3.34. The van der Waals surface area contributed by atoms with Crippen molar-refractivity contribution < 1.29 is 35.6 Å². The summed E-state index contributed by atoms with van der Waals surface area (Å²) in [6, 6.07) is 8.03. The number of hydrogen-bond donors (Lipinski definition) is 0. The van der Waals surface area contributed by atoms with Crippen LogP contribution in [-0.4, -0.2) is 5.71 Å². The van der Waals surface area contributed by atoms with E-state index in [0.717, 1.165) is 0 Å². The minimum Gasteiger partial charge on any atom is -0.350 e. The van der Waals surface area contributed by atoms with Crippen LogP contribution in [0.5, 0.6) is 5.75 Å². The maximum absolute atomic E-state index is 13.6. The molecular formula is C15H8F7NO. The van der Waals surface area contributed by atoms with Crippen LogP contribution < -0.4 is 4.84 Å². The molecule has 0 bridgehead atoms. The summed E-state index contributed by atoms with van der Waals surface area (Å²) in [5, 5.41) is 3.28. The van der Waals surface area contributed by atoms with Gasteiger partial charge in [0.05, 0.1) is 5.71 Å². The zero-order valence-electron chi connectivity index (χ0n) is 11.9. The number of halogens is 7. The maximum atomic E-state index is 13.6. The van der Waals surface area contributed by atoms with E-state index in [-0.39, 0.29) is 5.71 Å². The normalized spacial score (nSPS) is 12.4. The SMILES string of the molecule is C/C(=N\Oc1c(F)c(F)c(C(F)(F)F)c(F)c1F)c1ccccc1. The largest absolute Gasteiger partial charge is 0.422 e. The summed E-state index contributed by atoms with van der Waals surface area (Å²) in [5.74, 6) is -11.6. The third-order valence-corrected chi connectivity index (χ3v) is 2.97. The smallest absolute Gasteiger partial charge is 0.350 e. The summed E-state index contributed by atoms with van der Waals surface area (Å²) >= 11 is 0. The van der Waals surface area contributed by atoms with E-state index in [1.807, 2.05) is 0 Å². The summed E-state index contributed by atoms with van der Waals surface area (Å²) in [6.07, 6.45) is -5.61. The van der Waals surface area contributed by atoms with Crippen LogP contribution in [0.2, 0.25) is 0 Å². The standard InChI is InChI=1S/C15H8F7NO/c1-7(8-5-3-2-4-6-8)23-24-14-12(18)10(16)9(15(20,21)22)11(17)13(14)19/h2-6H,1H3/b23-7+. The fraction of sp³-hybridized carbons (Fsp3) is 0.133. The molecule has 0 aliphatic rings. The van der Waals surface area contributed by atoms with E-state index in [2.05, 4.69) is 9.99 Å². The number of benzene rings is 2. The van der Waals surface area contributed by atoms with Gasteiger partial charge in [-0.15, -0.1) is 0 Å². The lowest BCUT2D eigenvalue weighted by molar-refractivity contribution is -0.143. The predicted molar refractivity (Wildman–Crippen MR) is 70.6 cm³/mol. The summed E-state index contributed by atoms with van der Waals surface area (Å²) in [6.45, 7) is 1.36. The minimum atomic E-state index is -5.61. The molecule has 0 atom stereocenters. The molecule has 0 fully saturated rings. The third-order valence-electron chi connectivity index (χ3n) is 2.97. The van der Waals surface area contributed by atoms with Crippen molar-refractivity contribution in [3.63, 3.8) is 0 Å². The molecule has 2 aromatic rings. The van der Waals surface area contributed by atoms with Crippen molar-refractivity contribution in [3.8, 4) is 5.75 Å². The molecule has 0 N–H and O–H groups in total. The highest BCUT2D eigenvalue weighted by Crippen LogP contribution is 2.39. The molecule has 128 valence electrons. The van der Waals surface area contributed by atoms with Crippen molar-refractivity contribution in [2.24, 2.45) is 5.16 Å². The second kappa shape index (κ2) is 6.50. The quantitative estimate of drug-likeness (QED) is 0.328. The Labute approximate surface area is 131 Å². The van der Waals surface area contributed by atoms with Gasteiger partial charge in [-0.05, 0) is 12.5 Å². The van der Waals surface area contributed by atoms with Crippen molar-refractivity contribution >= 4 is 5.71 Å². The monoisotopic (exact) mass is 351 g/mol. The van der Waals surface area contributed by atoms with Crippen molar-refractivity contribution in [1.82, 2.24) is 0 Å². The lowest BCUT2D eigenvalue weighted by Crippen LogP contribution is -2.16. The van der Waals surface area contributed by atoms with Crippen LogP contribution >= 0.6 is 0 Å². The summed E-state index contributed by atoms with van der Waals surface area (Å²) < 4.78 is 91.4. The average molecular weight is 351 g/mol. The van der Waals surface area contributed by atoms with E-state index < -0.39 is 40.8 Å². The van der Waals surface area contributed by atoms with Gasteiger partial charge in [-0.25, -0.2) is 8.78 Å². The first-order valence-corrected chi connectivity index (χ1v) is 6.34. The molecule has 0 unspecified atom stereocenters. The van der Waals surface area contributed by atoms with E-state index in [1.165, 1.54) is 6.92 Å². The molecule has 0 saturated carbocycles. The van der Waals surface area contributed by atoms with Gasteiger partial charge in [-0.2, -0.15) is 22.0 Å². The van der Waals surface area contributed by atoms with Gasteiger partial charge in [0.1, 0.15) is 5.56 Å². The van der Waals surface area contributed by atoms with Crippen LogP contribution in [-0.2, 0) is 6.18 Å². The lowest BCUT2D eigenvalue weighted by Gasteiger charge is -2.12. The van der Waals surface area contributed by atoms with Crippen LogP contribution in [0.4, 0.5) is 30.7 Å². The summed E-state index contributed by atoms with van der Waals surface area (Å²) in [5.41, 5.74) is -2.13. The van der Waals surface area contributed by atoms with Crippen LogP contribution in [0.3, 0.4) is 0 Å². The molecule has 0 saturated heterocycles. The Bertz CT molecular complexity index is 756. The van der Waals surface area contributed by atoms with Crippen molar-refractivity contribution in [2.75, 3.05) is 0 Å². The first kappa shape index (κ1) is 17.8. The zero-order valence-corrected chi connectivity index (χ0v) is 11.9. The Morgan fingerprint density at radius 1 is 0.875 bits per heavy atom. The molecule has 2 aromatic carbocycles. The van der Waals surface area contributed by atoms with Crippen molar-refractivity contribution in [1.29, 1.82) is 0 Å². The van der Waals surface area contributed by atoms with Gasteiger partial charge in [-0.3, -0.25) is 0 Å².